The molecule has 5 nitrogen and oxygen atoms in total. The molecule has 0 aliphatic carbocycles. The summed E-state index contributed by atoms with van der Waals surface area (Å²) in [5.41, 5.74) is 2.04. The first-order valence-electron chi connectivity index (χ1n) is 7.31. The molecule has 1 heterocycles. The molecule has 1 aromatic carbocycles. The molecule has 126 valence electrons. The van der Waals surface area contributed by atoms with E-state index in [0.29, 0.717) is 27.6 Å². The van der Waals surface area contributed by atoms with Crippen molar-refractivity contribution in [3.8, 4) is 5.88 Å². The summed E-state index contributed by atoms with van der Waals surface area (Å²) in [6.07, 6.45) is 0. The van der Waals surface area contributed by atoms with E-state index < -0.39 is 11.4 Å². The van der Waals surface area contributed by atoms with Crippen LogP contribution in [0.5, 0.6) is 5.88 Å². The zero-order valence-electron chi connectivity index (χ0n) is 14.3. The second-order valence-electron chi connectivity index (χ2n) is 6.33. The highest BCUT2D eigenvalue weighted by atomic mass is 35.5. The van der Waals surface area contributed by atoms with Crippen LogP contribution in [0.3, 0.4) is 0 Å². The molecule has 2 rings (SSSR count). The second-order valence-corrected chi connectivity index (χ2v) is 9.07. The third kappa shape index (κ3) is 3.88. The maximum absolute atomic E-state index is 12.6. The molecule has 0 saturated carbocycles. The van der Waals surface area contributed by atoms with Gasteiger partial charge in [-0.3, -0.25) is 0 Å². The van der Waals surface area contributed by atoms with E-state index in [0.717, 1.165) is 0 Å². The van der Waals surface area contributed by atoms with Crippen molar-refractivity contribution >= 4 is 34.0 Å². The zero-order valence-corrected chi connectivity index (χ0v) is 15.8. The van der Waals surface area contributed by atoms with Gasteiger partial charge >= 0.3 is 0 Å². The van der Waals surface area contributed by atoms with E-state index in [2.05, 4.69) is 9.97 Å². The topological polar surface area (TPSA) is 61.3 Å². The van der Waals surface area contributed by atoms with E-state index in [4.69, 9.17) is 16.3 Å². The minimum absolute atomic E-state index is 0.221. The van der Waals surface area contributed by atoms with Crippen molar-refractivity contribution in [1.82, 2.24) is 14.3 Å². The lowest BCUT2D eigenvalue weighted by molar-refractivity contribution is 0.345. The Morgan fingerprint density at radius 1 is 1.26 bits per heavy atom. The van der Waals surface area contributed by atoms with E-state index in [1.54, 1.807) is 29.6 Å². The Labute approximate surface area is 145 Å². The van der Waals surface area contributed by atoms with Crippen molar-refractivity contribution in [1.29, 1.82) is 0 Å². The van der Waals surface area contributed by atoms with Gasteiger partial charge in [-0.15, -0.1) is 4.31 Å². The van der Waals surface area contributed by atoms with Gasteiger partial charge < -0.3 is 9.29 Å². The average molecular weight is 356 g/mol. The van der Waals surface area contributed by atoms with Gasteiger partial charge in [-0.1, -0.05) is 11.6 Å². The van der Waals surface area contributed by atoms with E-state index in [9.17, 15) is 4.55 Å². The summed E-state index contributed by atoms with van der Waals surface area (Å²) in [6.45, 7) is 7.76. The number of nitrogens with zero attached hydrogens (tertiary/aromatic N) is 3. The molecule has 0 N–H and O–H groups in total. The molecular formula is C16H22ClN3O2S. The Balaban J connectivity index is 2.48. The third-order valence-corrected chi connectivity index (χ3v) is 5.66. The quantitative estimate of drug-likeness (QED) is 0.782. The molecule has 1 unspecified atom stereocenters. The predicted molar refractivity (Wildman–Crippen MR) is 95.2 cm³/mol. The first-order valence-corrected chi connectivity index (χ1v) is 8.79. The van der Waals surface area contributed by atoms with Gasteiger partial charge in [-0.25, -0.2) is 9.97 Å². The van der Waals surface area contributed by atoms with Crippen LogP contribution in [0.1, 0.15) is 39.4 Å². The minimum atomic E-state index is -1.18. The third-order valence-electron chi connectivity index (χ3n) is 3.54. The number of methoxy groups -OCH3 is 1. The molecule has 0 radical (unpaired) electrons. The number of hydrogen-bond acceptors (Lipinski definition) is 5. The molecule has 0 spiro atoms. The SMILES string of the molecule is COc1nc2ccc(Cl)cc2nc1[C@H](C)N(C)[S+]([O-])C(C)(C)C. The van der Waals surface area contributed by atoms with Crippen molar-refractivity contribution < 1.29 is 9.29 Å². The highest BCUT2D eigenvalue weighted by molar-refractivity contribution is 7.90. The van der Waals surface area contributed by atoms with Crippen LogP contribution in [0, 0.1) is 0 Å². The summed E-state index contributed by atoms with van der Waals surface area (Å²) < 4.78 is 19.4. The summed E-state index contributed by atoms with van der Waals surface area (Å²) in [5.74, 6) is 0.435. The lowest BCUT2D eigenvalue weighted by Gasteiger charge is -2.33. The molecule has 0 aliphatic heterocycles. The predicted octanol–water partition coefficient (Wildman–Crippen LogP) is 3.75. The molecule has 1 aromatic heterocycles. The zero-order chi connectivity index (χ0) is 17.4. The summed E-state index contributed by atoms with van der Waals surface area (Å²) in [4.78, 5) is 9.14. The largest absolute Gasteiger partial charge is 0.597 e. The number of benzene rings is 1. The molecular weight excluding hydrogens is 334 g/mol. The van der Waals surface area contributed by atoms with Crippen LogP contribution in [0.4, 0.5) is 0 Å². The number of fused-ring (bicyclic) bond motifs is 1. The fraction of sp³-hybridized carbons (Fsp3) is 0.500. The number of rotatable bonds is 4. The molecule has 7 heteroatoms. The molecule has 0 aliphatic rings. The molecule has 0 amide bonds. The summed E-state index contributed by atoms with van der Waals surface area (Å²) in [5, 5.41) is 0.599. The smallest absolute Gasteiger partial charge is 0.237 e. The first-order chi connectivity index (χ1) is 10.6. The van der Waals surface area contributed by atoms with Crippen LogP contribution in [-0.2, 0) is 11.4 Å². The van der Waals surface area contributed by atoms with Gasteiger partial charge in [0, 0.05) is 23.4 Å². The number of halogens is 1. The second kappa shape index (κ2) is 6.81. The summed E-state index contributed by atoms with van der Waals surface area (Å²) in [7, 11) is 3.37. The number of ether oxygens (including phenoxy) is 1. The lowest BCUT2D eigenvalue weighted by atomic mass is 10.2. The molecule has 23 heavy (non-hydrogen) atoms. The van der Waals surface area contributed by atoms with Crippen molar-refractivity contribution in [2.24, 2.45) is 0 Å². The van der Waals surface area contributed by atoms with Crippen LogP contribution >= 0.6 is 11.6 Å². The van der Waals surface area contributed by atoms with Gasteiger partial charge in [-0.2, -0.15) is 0 Å². The highest BCUT2D eigenvalue weighted by Gasteiger charge is 2.35. The Bertz CT molecular complexity index is 706. The minimum Gasteiger partial charge on any atom is -0.597 e. The normalized spacial score (nSPS) is 15.0. The molecule has 0 saturated heterocycles. The van der Waals surface area contributed by atoms with Crippen LogP contribution in [0.15, 0.2) is 18.2 Å². The van der Waals surface area contributed by atoms with Crippen molar-refractivity contribution in [2.45, 2.75) is 38.5 Å². The lowest BCUT2D eigenvalue weighted by Crippen LogP contribution is -2.42. The molecule has 2 atom stereocenters. The standard InChI is InChI=1S/C16H22ClN3O2S/c1-10(20(5)23(21)16(2,3)4)14-15(22-6)19-12-8-7-11(17)9-13(12)18-14/h7-10H,1-6H3/t10-,23?/m0/s1. The summed E-state index contributed by atoms with van der Waals surface area (Å²) in [6, 6.07) is 5.11. The fourth-order valence-electron chi connectivity index (χ4n) is 2.20. The van der Waals surface area contributed by atoms with Gasteiger partial charge in [-0.05, 0) is 45.9 Å². The van der Waals surface area contributed by atoms with Crippen LogP contribution in [-0.4, -0.2) is 37.7 Å². The van der Waals surface area contributed by atoms with Gasteiger partial charge in [0.15, 0.2) is 0 Å². The maximum Gasteiger partial charge on any atom is 0.237 e. The van der Waals surface area contributed by atoms with Crippen molar-refractivity contribution in [3.63, 3.8) is 0 Å². The highest BCUT2D eigenvalue weighted by Crippen LogP contribution is 2.32. The first kappa shape index (κ1) is 18.3. The van der Waals surface area contributed by atoms with Gasteiger partial charge in [0.25, 0.3) is 0 Å². The van der Waals surface area contributed by atoms with E-state index in [1.807, 2.05) is 34.7 Å². The average Bonchev–Trinajstić information content (AvgIpc) is 2.50. The Morgan fingerprint density at radius 2 is 1.91 bits per heavy atom. The van der Waals surface area contributed by atoms with Crippen molar-refractivity contribution in [3.05, 3.63) is 28.9 Å². The Morgan fingerprint density at radius 3 is 2.48 bits per heavy atom. The van der Waals surface area contributed by atoms with Crippen LogP contribution < -0.4 is 4.74 Å². The van der Waals surface area contributed by atoms with E-state index in [1.165, 1.54) is 0 Å². The van der Waals surface area contributed by atoms with Crippen LogP contribution in [0.2, 0.25) is 5.02 Å². The number of aromatic nitrogens is 2. The molecule has 0 bridgehead atoms. The maximum atomic E-state index is 12.6. The fourth-order valence-corrected chi connectivity index (χ4v) is 3.61. The van der Waals surface area contributed by atoms with Gasteiger partial charge in [0.2, 0.25) is 5.88 Å². The van der Waals surface area contributed by atoms with E-state index >= 15 is 0 Å². The van der Waals surface area contributed by atoms with Gasteiger partial charge in [0.05, 0.1) is 24.2 Å². The Kier molecular flexibility index (Phi) is 5.41. The Hall–Kier alpha value is -1.08. The molecule has 0 fully saturated rings. The van der Waals surface area contributed by atoms with Gasteiger partial charge in [0.1, 0.15) is 10.4 Å². The summed E-state index contributed by atoms with van der Waals surface area (Å²) >= 11 is 4.86. The van der Waals surface area contributed by atoms with Crippen LogP contribution in [0.25, 0.3) is 11.0 Å². The van der Waals surface area contributed by atoms with Crippen molar-refractivity contribution in [2.75, 3.05) is 14.2 Å². The monoisotopic (exact) mass is 355 g/mol. The van der Waals surface area contributed by atoms with E-state index in [-0.39, 0.29) is 10.8 Å². The molecule has 2 aromatic rings. The number of hydrogen-bond donors (Lipinski definition) is 0.